The van der Waals surface area contributed by atoms with Crippen molar-refractivity contribution in [2.75, 3.05) is 6.61 Å². The molecule has 0 fully saturated rings. The van der Waals surface area contributed by atoms with Crippen LogP contribution in [0.4, 0.5) is 0 Å². The summed E-state index contributed by atoms with van der Waals surface area (Å²) >= 11 is 0. The van der Waals surface area contributed by atoms with E-state index in [2.05, 4.69) is 32.0 Å². The average molecular weight is 371 g/mol. The molecule has 0 saturated carbocycles. The molecule has 1 aromatic heterocycles. The fourth-order valence-corrected chi connectivity index (χ4v) is 3.45. The maximum atomic E-state index is 12.7. The molecule has 1 aromatic carbocycles. The minimum atomic E-state index is -0.590. The molecule has 2 rings (SSSR count). The number of aryl methyl sites for hydroxylation is 4. The lowest BCUT2D eigenvalue weighted by atomic mass is 9.96. The van der Waals surface area contributed by atoms with Crippen LogP contribution in [0.25, 0.3) is 0 Å². The summed E-state index contributed by atoms with van der Waals surface area (Å²) in [6.45, 7) is 8.09. The van der Waals surface area contributed by atoms with Crippen molar-refractivity contribution in [1.82, 2.24) is 4.57 Å². The van der Waals surface area contributed by atoms with Gasteiger partial charge in [-0.25, -0.2) is 0 Å². The van der Waals surface area contributed by atoms with E-state index in [1.165, 1.54) is 16.7 Å². The van der Waals surface area contributed by atoms with Gasteiger partial charge in [0.2, 0.25) is 0 Å². The Morgan fingerprint density at radius 2 is 1.81 bits per heavy atom. The van der Waals surface area contributed by atoms with Crippen molar-refractivity contribution in [3.05, 3.63) is 57.9 Å². The quantitative estimate of drug-likeness (QED) is 0.660. The molecule has 3 N–H and O–H groups in total. The minimum absolute atomic E-state index is 0.0409. The molecule has 1 heterocycles. The largest absolute Gasteiger partial charge is 0.394 e. The zero-order valence-electron chi connectivity index (χ0n) is 17.4. The van der Waals surface area contributed by atoms with Gasteiger partial charge in [0.1, 0.15) is 0 Å². The number of ketones is 1. The normalized spacial score (nSPS) is 13.6. The zero-order chi connectivity index (χ0) is 20.2. The highest BCUT2D eigenvalue weighted by Gasteiger charge is 2.20. The van der Waals surface area contributed by atoms with Crippen LogP contribution >= 0.6 is 0 Å². The number of rotatable bonds is 9. The minimum Gasteiger partial charge on any atom is -0.394 e. The average Bonchev–Trinajstić information content (AvgIpc) is 2.90. The Morgan fingerprint density at radius 1 is 1.11 bits per heavy atom. The van der Waals surface area contributed by atoms with Gasteiger partial charge in [-0.05, 0) is 81.7 Å². The van der Waals surface area contributed by atoms with Crippen molar-refractivity contribution in [2.24, 2.45) is 12.8 Å². The van der Waals surface area contributed by atoms with E-state index in [1.54, 1.807) is 0 Å². The topological polar surface area (TPSA) is 68.2 Å². The van der Waals surface area contributed by atoms with Crippen molar-refractivity contribution in [3.63, 3.8) is 0 Å². The van der Waals surface area contributed by atoms with Gasteiger partial charge >= 0.3 is 0 Å². The maximum Gasteiger partial charge on any atom is 0.179 e. The van der Waals surface area contributed by atoms with Crippen LogP contribution in [-0.4, -0.2) is 27.6 Å². The summed E-state index contributed by atoms with van der Waals surface area (Å²) in [5.74, 6) is 0.188. The number of hydrogen-bond donors (Lipinski definition) is 2. The van der Waals surface area contributed by atoms with Crippen molar-refractivity contribution in [2.45, 2.75) is 65.3 Å². The van der Waals surface area contributed by atoms with Gasteiger partial charge in [0.05, 0.1) is 12.3 Å². The summed E-state index contributed by atoms with van der Waals surface area (Å²) in [6, 6.07) is 8.51. The summed E-state index contributed by atoms with van der Waals surface area (Å²) in [5.41, 5.74) is 12.4. The van der Waals surface area contributed by atoms with Crippen LogP contribution in [0, 0.1) is 20.8 Å². The third kappa shape index (κ3) is 5.53. The van der Waals surface area contributed by atoms with Gasteiger partial charge in [0.25, 0.3) is 0 Å². The Morgan fingerprint density at radius 3 is 2.44 bits per heavy atom. The summed E-state index contributed by atoms with van der Waals surface area (Å²) in [6.07, 6.45) is 3.76. The summed E-state index contributed by atoms with van der Waals surface area (Å²) in [4.78, 5) is 12.7. The summed E-state index contributed by atoms with van der Waals surface area (Å²) < 4.78 is 2.00. The fraction of sp³-hybridized carbons (Fsp3) is 0.522. The van der Waals surface area contributed by atoms with Gasteiger partial charge in [0.15, 0.2) is 5.78 Å². The van der Waals surface area contributed by atoms with Crippen LogP contribution in [0.2, 0.25) is 0 Å². The number of Topliss-reactive ketones (excluding diaryl/α,β-unsaturated/α-hetero) is 1. The number of carbonyl (C=O) groups excluding carboxylic acids is 1. The number of aliphatic hydroxyl groups is 1. The highest BCUT2D eigenvalue weighted by molar-refractivity contribution is 5.95. The molecule has 27 heavy (non-hydrogen) atoms. The monoisotopic (exact) mass is 370 g/mol. The Balaban J connectivity index is 1.98. The predicted molar refractivity (Wildman–Crippen MR) is 111 cm³/mol. The molecule has 1 unspecified atom stereocenters. The molecule has 0 spiro atoms. The van der Waals surface area contributed by atoms with Crippen molar-refractivity contribution in [1.29, 1.82) is 0 Å². The first-order chi connectivity index (χ1) is 12.6. The van der Waals surface area contributed by atoms with Crippen LogP contribution in [0.15, 0.2) is 24.3 Å². The van der Waals surface area contributed by atoms with E-state index in [1.807, 2.05) is 31.5 Å². The molecule has 4 heteroatoms. The van der Waals surface area contributed by atoms with E-state index in [0.29, 0.717) is 12.8 Å². The van der Waals surface area contributed by atoms with E-state index in [9.17, 15) is 9.90 Å². The molecular formula is C23H34N2O2. The SMILES string of the molecule is Cc1ccc(CCCC(=O)c2cc(C)c(CCC(C)(N)CO)n2C)cc1C. The van der Waals surface area contributed by atoms with Gasteiger partial charge in [-0.3, -0.25) is 4.79 Å². The first-order valence-corrected chi connectivity index (χ1v) is 9.79. The molecule has 0 radical (unpaired) electrons. The second kappa shape index (κ2) is 8.85. The number of hydrogen-bond acceptors (Lipinski definition) is 3. The van der Waals surface area contributed by atoms with Gasteiger partial charge in [-0.2, -0.15) is 0 Å². The molecule has 0 aliphatic rings. The van der Waals surface area contributed by atoms with Gasteiger partial charge < -0.3 is 15.4 Å². The smallest absolute Gasteiger partial charge is 0.179 e. The van der Waals surface area contributed by atoms with Crippen LogP contribution in [0.3, 0.4) is 0 Å². The Bertz CT molecular complexity index is 803. The summed E-state index contributed by atoms with van der Waals surface area (Å²) in [5, 5.41) is 9.34. The van der Waals surface area contributed by atoms with Gasteiger partial charge in [0, 0.05) is 24.7 Å². The standard InChI is InChI=1S/C23H34N2O2/c1-16-9-10-19(13-17(16)2)7-6-8-22(27)21-14-18(3)20(25(21)5)11-12-23(4,24)15-26/h9-10,13-14,26H,6-8,11-12,15,24H2,1-5H3. The first kappa shape index (κ1) is 21.4. The number of aliphatic hydroxyl groups excluding tert-OH is 1. The Hall–Kier alpha value is -1.91. The second-order valence-electron chi connectivity index (χ2n) is 8.23. The van der Waals surface area contributed by atoms with E-state index in [0.717, 1.165) is 36.2 Å². The Labute approximate surface area is 163 Å². The molecule has 0 aliphatic heterocycles. The molecule has 0 amide bonds. The molecule has 2 aromatic rings. The molecule has 4 nitrogen and oxygen atoms in total. The highest BCUT2D eigenvalue weighted by Crippen LogP contribution is 2.21. The van der Waals surface area contributed by atoms with Crippen molar-refractivity contribution in [3.8, 4) is 0 Å². The van der Waals surface area contributed by atoms with Crippen molar-refractivity contribution < 1.29 is 9.90 Å². The highest BCUT2D eigenvalue weighted by atomic mass is 16.3. The fourth-order valence-electron chi connectivity index (χ4n) is 3.45. The zero-order valence-corrected chi connectivity index (χ0v) is 17.4. The van der Waals surface area contributed by atoms with E-state index < -0.39 is 5.54 Å². The third-order valence-corrected chi connectivity index (χ3v) is 5.60. The Kier molecular flexibility index (Phi) is 7.01. The van der Waals surface area contributed by atoms with E-state index in [4.69, 9.17) is 5.73 Å². The van der Waals surface area contributed by atoms with Crippen molar-refractivity contribution >= 4 is 5.78 Å². The molecule has 0 aliphatic carbocycles. The molecule has 0 bridgehead atoms. The second-order valence-corrected chi connectivity index (χ2v) is 8.23. The first-order valence-electron chi connectivity index (χ1n) is 9.79. The lowest BCUT2D eigenvalue weighted by Crippen LogP contribution is -2.40. The van der Waals surface area contributed by atoms with E-state index in [-0.39, 0.29) is 12.4 Å². The molecule has 0 saturated heterocycles. The van der Waals surface area contributed by atoms with Crippen LogP contribution in [-0.2, 0) is 19.9 Å². The molecule has 148 valence electrons. The molecular weight excluding hydrogens is 336 g/mol. The third-order valence-electron chi connectivity index (χ3n) is 5.60. The lowest BCUT2D eigenvalue weighted by Gasteiger charge is -2.22. The summed E-state index contributed by atoms with van der Waals surface area (Å²) in [7, 11) is 1.95. The van der Waals surface area contributed by atoms with Gasteiger partial charge in [-0.1, -0.05) is 18.2 Å². The van der Waals surface area contributed by atoms with Gasteiger partial charge in [-0.15, -0.1) is 0 Å². The van der Waals surface area contributed by atoms with Crippen LogP contribution < -0.4 is 5.73 Å². The number of carbonyl (C=O) groups is 1. The predicted octanol–water partition coefficient (Wildman–Crippen LogP) is 3.80. The van der Waals surface area contributed by atoms with Crippen LogP contribution in [0.5, 0.6) is 0 Å². The maximum absolute atomic E-state index is 12.7. The number of benzene rings is 1. The molecule has 1 atom stereocenters. The number of aromatic nitrogens is 1. The number of nitrogens with two attached hydrogens (primary N) is 1. The van der Waals surface area contributed by atoms with E-state index >= 15 is 0 Å². The van der Waals surface area contributed by atoms with Crippen LogP contribution in [0.1, 0.15) is 64.6 Å². The lowest BCUT2D eigenvalue weighted by molar-refractivity contribution is 0.0972. The number of nitrogens with zero attached hydrogens (tertiary/aromatic N) is 1.